The van der Waals surface area contributed by atoms with Crippen LogP contribution in [-0.2, 0) is 14.3 Å². The van der Waals surface area contributed by atoms with Crippen LogP contribution in [0.5, 0.6) is 0 Å². The van der Waals surface area contributed by atoms with Gasteiger partial charge in [0, 0.05) is 6.42 Å². The number of ether oxygens (including phenoxy) is 1. The molecule has 0 saturated heterocycles. The number of allylic oxidation sites excluding steroid dienone is 1. The number of esters is 1. The van der Waals surface area contributed by atoms with Gasteiger partial charge in [0.2, 0.25) is 0 Å². The minimum atomic E-state index is -0.959. The van der Waals surface area contributed by atoms with Gasteiger partial charge in [-0.3, -0.25) is 9.59 Å². The SMILES string of the molecule is C[C@H](CCC(C)(C)O)[C@H]1CC[C@H]2[C@@H]3CC=C4C[C@@](C)(OC(=O)CCC(=O)O)CC[C@]4(C)C3CC[C@]12C. The van der Waals surface area contributed by atoms with Gasteiger partial charge >= 0.3 is 11.9 Å². The molecule has 2 N–H and O–H groups in total. The molecule has 0 heterocycles. The van der Waals surface area contributed by atoms with Crippen molar-refractivity contribution < 1.29 is 24.5 Å². The molecule has 1 unspecified atom stereocenters. The summed E-state index contributed by atoms with van der Waals surface area (Å²) in [6, 6.07) is 0. The minimum absolute atomic E-state index is 0.0540. The number of fused-ring (bicyclic) bond motifs is 5. The molecule has 8 atom stereocenters. The Morgan fingerprint density at radius 3 is 2.47 bits per heavy atom. The van der Waals surface area contributed by atoms with Crippen molar-refractivity contribution >= 4 is 11.9 Å². The van der Waals surface area contributed by atoms with Gasteiger partial charge in [0.25, 0.3) is 0 Å². The normalized spacial score (nSPS) is 40.9. The summed E-state index contributed by atoms with van der Waals surface area (Å²) in [6.07, 6.45) is 13.3. The molecule has 5 heteroatoms. The molecule has 4 aliphatic rings. The Labute approximate surface area is 218 Å². The molecule has 0 aromatic heterocycles. The van der Waals surface area contributed by atoms with Crippen LogP contribution in [0.15, 0.2) is 11.6 Å². The summed E-state index contributed by atoms with van der Waals surface area (Å²) in [7, 11) is 0. The Kier molecular flexibility index (Phi) is 7.49. The summed E-state index contributed by atoms with van der Waals surface area (Å²) >= 11 is 0. The predicted octanol–water partition coefficient (Wildman–Crippen LogP) is 6.92. The van der Waals surface area contributed by atoms with E-state index in [0.29, 0.717) is 17.3 Å². The van der Waals surface area contributed by atoms with Crippen molar-refractivity contribution in [1.82, 2.24) is 0 Å². The first-order valence-corrected chi connectivity index (χ1v) is 14.5. The standard InChI is InChI=1S/C31H50O5/c1-20(13-15-28(2,3)35)23-9-10-24-22-8-7-21-19-29(4,36-27(34)12-11-26(32)33)17-18-30(21,5)25(22)14-16-31(23,24)6/h7,20,22-25,35H,8-19H2,1-6H3,(H,32,33)/t20-,22+,23-,24+,25?,29+,30+,31-/m1/s1. The van der Waals surface area contributed by atoms with Gasteiger partial charge in [0.15, 0.2) is 0 Å². The maximum atomic E-state index is 12.3. The highest BCUT2D eigenvalue weighted by Gasteiger charge is 2.60. The highest BCUT2D eigenvalue weighted by atomic mass is 16.6. The van der Waals surface area contributed by atoms with E-state index >= 15 is 0 Å². The van der Waals surface area contributed by atoms with Crippen molar-refractivity contribution in [3.05, 3.63) is 11.6 Å². The molecule has 3 saturated carbocycles. The first kappa shape index (κ1) is 27.7. The molecule has 0 bridgehead atoms. The van der Waals surface area contributed by atoms with Crippen LogP contribution in [0, 0.1) is 40.4 Å². The second-order valence-corrected chi connectivity index (χ2v) is 14.3. The summed E-state index contributed by atoms with van der Waals surface area (Å²) in [5.74, 6) is 2.28. The quantitative estimate of drug-likeness (QED) is 0.278. The maximum absolute atomic E-state index is 12.3. The molecule has 0 aliphatic heterocycles. The number of hydrogen-bond acceptors (Lipinski definition) is 4. The monoisotopic (exact) mass is 502 g/mol. The third-order valence-electron chi connectivity index (χ3n) is 11.2. The van der Waals surface area contributed by atoms with Gasteiger partial charge in [-0.2, -0.15) is 0 Å². The van der Waals surface area contributed by atoms with Crippen LogP contribution in [-0.4, -0.2) is 33.4 Å². The number of aliphatic carboxylic acids is 1. The molecule has 0 radical (unpaired) electrons. The van der Waals surface area contributed by atoms with Gasteiger partial charge in [0.05, 0.1) is 18.4 Å². The molecule has 0 aromatic rings. The fourth-order valence-electron chi connectivity index (χ4n) is 9.17. The number of hydrogen-bond donors (Lipinski definition) is 2. The highest BCUT2D eigenvalue weighted by molar-refractivity contribution is 5.76. The number of rotatable bonds is 8. The molecule has 4 rings (SSSR count). The van der Waals surface area contributed by atoms with Gasteiger partial charge in [-0.1, -0.05) is 32.4 Å². The van der Waals surface area contributed by atoms with E-state index in [2.05, 4.69) is 26.8 Å². The Bertz CT molecular complexity index is 886. The smallest absolute Gasteiger partial charge is 0.306 e. The summed E-state index contributed by atoms with van der Waals surface area (Å²) < 4.78 is 5.87. The van der Waals surface area contributed by atoms with E-state index in [1.54, 1.807) is 0 Å². The van der Waals surface area contributed by atoms with Gasteiger partial charge in [0.1, 0.15) is 5.60 Å². The van der Waals surface area contributed by atoms with E-state index in [4.69, 9.17) is 9.84 Å². The number of carboxylic acids is 1. The van der Waals surface area contributed by atoms with Crippen molar-refractivity contribution in [3.8, 4) is 0 Å². The number of carbonyl (C=O) groups excluding carboxylic acids is 1. The van der Waals surface area contributed by atoms with E-state index in [1.165, 1.54) is 31.3 Å². The third-order valence-corrected chi connectivity index (χ3v) is 11.2. The van der Waals surface area contributed by atoms with Crippen molar-refractivity contribution in [1.29, 1.82) is 0 Å². The average Bonchev–Trinajstić information content (AvgIpc) is 3.13. The van der Waals surface area contributed by atoms with Crippen LogP contribution in [0.3, 0.4) is 0 Å². The van der Waals surface area contributed by atoms with Crippen molar-refractivity contribution in [2.45, 2.75) is 130 Å². The van der Waals surface area contributed by atoms with Gasteiger partial charge in [-0.05, 0) is 119 Å². The summed E-state index contributed by atoms with van der Waals surface area (Å²) in [5, 5.41) is 19.2. The zero-order valence-electron chi connectivity index (χ0n) is 23.6. The lowest BCUT2D eigenvalue weighted by Gasteiger charge is -2.59. The molecule has 4 aliphatic carbocycles. The topological polar surface area (TPSA) is 83.8 Å². The molecule has 5 nitrogen and oxygen atoms in total. The van der Waals surface area contributed by atoms with Crippen LogP contribution in [0.4, 0.5) is 0 Å². The first-order chi connectivity index (χ1) is 16.7. The molecule has 0 amide bonds. The lowest BCUT2D eigenvalue weighted by atomic mass is 9.46. The Morgan fingerprint density at radius 1 is 1.08 bits per heavy atom. The fraction of sp³-hybridized carbons (Fsp3) is 0.871. The summed E-state index contributed by atoms with van der Waals surface area (Å²) in [4.78, 5) is 23.2. The Balaban J connectivity index is 1.45. The Morgan fingerprint density at radius 2 is 1.81 bits per heavy atom. The van der Waals surface area contributed by atoms with E-state index in [9.17, 15) is 14.7 Å². The van der Waals surface area contributed by atoms with E-state index in [1.807, 2.05) is 20.8 Å². The Hall–Kier alpha value is -1.36. The maximum Gasteiger partial charge on any atom is 0.306 e. The van der Waals surface area contributed by atoms with E-state index in [0.717, 1.165) is 56.3 Å². The second kappa shape index (κ2) is 9.75. The molecule has 36 heavy (non-hydrogen) atoms. The van der Waals surface area contributed by atoms with Crippen molar-refractivity contribution in [3.63, 3.8) is 0 Å². The van der Waals surface area contributed by atoms with Crippen LogP contribution in [0.2, 0.25) is 0 Å². The van der Waals surface area contributed by atoms with Gasteiger partial charge in [-0.15, -0.1) is 0 Å². The number of carbonyl (C=O) groups is 2. The molecule has 3 fully saturated rings. The highest BCUT2D eigenvalue weighted by Crippen LogP contribution is 2.68. The predicted molar refractivity (Wildman–Crippen MR) is 141 cm³/mol. The largest absolute Gasteiger partial charge is 0.481 e. The van der Waals surface area contributed by atoms with Crippen molar-refractivity contribution in [2.24, 2.45) is 40.4 Å². The van der Waals surface area contributed by atoms with Crippen LogP contribution < -0.4 is 0 Å². The number of carboxylic acid groups (broad SMARTS) is 1. The van der Waals surface area contributed by atoms with Gasteiger partial charge < -0.3 is 14.9 Å². The molecular formula is C31H50O5. The lowest BCUT2D eigenvalue weighted by Crippen LogP contribution is -2.52. The zero-order valence-corrected chi connectivity index (χ0v) is 23.6. The van der Waals surface area contributed by atoms with Crippen LogP contribution >= 0.6 is 0 Å². The molecule has 0 spiro atoms. The molecule has 0 aromatic carbocycles. The van der Waals surface area contributed by atoms with E-state index in [-0.39, 0.29) is 24.2 Å². The second-order valence-electron chi connectivity index (χ2n) is 14.3. The fourth-order valence-corrected chi connectivity index (χ4v) is 9.17. The van der Waals surface area contributed by atoms with Crippen molar-refractivity contribution in [2.75, 3.05) is 0 Å². The third kappa shape index (κ3) is 5.28. The molecule has 204 valence electrons. The first-order valence-electron chi connectivity index (χ1n) is 14.5. The molecular weight excluding hydrogens is 452 g/mol. The van der Waals surface area contributed by atoms with Gasteiger partial charge in [-0.25, -0.2) is 0 Å². The number of aliphatic hydroxyl groups is 1. The zero-order chi connectivity index (χ0) is 26.5. The minimum Gasteiger partial charge on any atom is -0.481 e. The average molecular weight is 503 g/mol. The summed E-state index contributed by atoms with van der Waals surface area (Å²) in [5.41, 5.74) is 0.960. The van der Waals surface area contributed by atoms with E-state index < -0.39 is 17.2 Å². The van der Waals surface area contributed by atoms with Crippen LogP contribution in [0.25, 0.3) is 0 Å². The van der Waals surface area contributed by atoms with Crippen LogP contribution in [0.1, 0.15) is 119 Å². The summed E-state index contributed by atoms with van der Waals surface area (Å²) in [6.45, 7) is 13.4. The lowest BCUT2D eigenvalue weighted by molar-refractivity contribution is -0.164.